The van der Waals surface area contributed by atoms with Gasteiger partial charge in [-0.1, -0.05) is 30.1 Å². The van der Waals surface area contributed by atoms with Crippen LogP contribution in [0.15, 0.2) is 65.9 Å². The van der Waals surface area contributed by atoms with Crippen molar-refractivity contribution >= 4 is 18.1 Å². The maximum absolute atomic E-state index is 13.8. The van der Waals surface area contributed by atoms with Crippen LogP contribution in [0.4, 0.5) is 4.79 Å². The molecular formula is C43H58N2O12. The standard InChI is InChI=1S/C43H58N2O12/c1-5-21-54-43-39(45(42(50)52-4)17-22-53-23-20-48)27-36(44-55-6-2)34-25-29(11-7-9-18-46)33(12-8-10-19-47)40(41(34)43)35-26-32(14-16-38(35)57-43)56-31-13-15-37(51-3)30(24-31)28-49/h5,13-16,24-26,28-29,33,39-41,46-48H,1,6-12,17-23,27H2,2-4H3/t29-,33+,39-,40+,41+,43+/m0/s1. The number of oxime groups is 1. The lowest BCUT2D eigenvalue weighted by molar-refractivity contribution is -0.255. The van der Waals surface area contributed by atoms with Gasteiger partial charge in [0.1, 0.15) is 35.6 Å². The van der Waals surface area contributed by atoms with Crippen LogP contribution in [0, 0.1) is 17.8 Å². The van der Waals surface area contributed by atoms with Crippen molar-refractivity contribution in [3.63, 3.8) is 0 Å². The van der Waals surface area contributed by atoms with Gasteiger partial charge in [-0.05, 0) is 86.4 Å². The zero-order valence-corrected chi connectivity index (χ0v) is 33.3. The topological polar surface area (TPSA) is 175 Å². The first-order valence-corrected chi connectivity index (χ1v) is 19.9. The van der Waals surface area contributed by atoms with E-state index >= 15 is 0 Å². The molecule has 3 N–H and O–H groups in total. The molecule has 1 saturated carbocycles. The Labute approximate surface area is 335 Å². The summed E-state index contributed by atoms with van der Waals surface area (Å²) >= 11 is 0. The largest absolute Gasteiger partial charge is 0.496 e. The van der Waals surface area contributed by atoms with Gasteiger partial charge in [0, 0.05) is 37.7 Å². The summed E-state index contributed by atoms with van der Waals surface area (Å²) in [5.41, 5.74) is 2.77. The Morgan fingerprint density at radius 1 is 1.02 bits per heavy atom. The fraction of sp³-hybridized carbons (Fsp3) is 0.558. The summed E-state index contributed by atoms with van der Waals surface area (Å²) in [4.78, 5) is 33.0. The Morgan fingerprint density at radius 2 is 1.77 bits per heavy atom. The Morgan fingerprint density at radius 3 is 2.46 bits per heavy atom. The summed E-state index contributed by atoms with van der Waals surface area (Å²) in [7, 11) is 2.82. The molecule has 1 aliphatic heterocycles. The highest BCUT2D eigenvalue weighted by molar-refractivity contribution is 6.03. The zero-order valence-electron chi connectivity index (χ0n) is 33.3. The third-order valence-electron chi connectivity index (χ3n) is 11.0. The maximum atomic E-state index is 13.8. The fourth-order valence-electron chi connectivity index (χ4n) is 8.68. The predicted octanol–water partition coefficient (Wildman–Crippen LogP) is 6.03. The van der Waals surface area contributed by atoms with Crippen LogP contribution in [0.1, 0.15) is 73.7 Å². The van der Waals surface area contributed by atoms with Crippen molar-refractivity contribution in [1.82, 2.24) is 4.90 Å². The number of fused-ring (bicyclic) bond motifs is 2. The van der Waals surface area contributed by atoms with E-state index in [2.05, 4.69) is 17.8 Å². The van der Waals surface area contributed by atoms with Gasteiger partial charge in [0.2, 0.25) is 5.79 Å². The summed E-state index contributed by atoms with van der Waals surface area (Å²) < 4.78 is 36.8. The quantitative estimate of drug-likeness (QED) is 0.0517. The van der Waals surface area contributed by atoms with E-state index in [1.165, 1.54) is 14.2 Å². The van der Waals surface area contributed by atoms with Crippen LogP contribution in [0.5, 0.6) is 23.0 Å². The molecule has 14 heteroatoms. The van der Waals surface area contributed by atoms with Crippen molar-refractivity contribution in [3.8, 4) is 23.0 Å². The van der Waals surface area contributed by atoms with Crippen molar-refractivity contribution in [2.75, 3.05) is 67.0 Å². The van der Waals surface area contributed by atoms with Gasteiger partial charge < -0.3 is 48.6 Å². The molecule has 0 aromatic heterocycles. The van der Waals surface area contributed by atoms with Crippen LogP contribution in [-0.4, -0.2) is 117 Å². The van der Waals surface area contributed by atoms with Gasteiger partial charge in [0.25, 0.3) is 0 Å². The van der Waals surface area contributed by atoms with E-state index in [4.69, 9.17) is 33.3 Å². The molecule has 3 aliphatic rings. The first-order valence-electron chi connectivity index (χ1n) is 19.9. The van der Waals surface area contributed by atoms with Crippen molar-refractivity contribution in [2.24, 2.45) is 22.9 Å². The molecule has 312 valence electrons. The van der Waals surface area contributed by atoms with Crippen LogP contribution in [0.3, 0.4) is 0 Å². The van der Waals surface area contributed by atoms with E-state index in [1.807, 2.05) is 19.1 Å². The van der Waals surface area contributed by atoms with Gasteiger partial charge in [-0.2, -0.15) is 0 Å². The smallest absolute Gasteiger partial charge is 0.410 e. The second-order valence-electron chi connectivity index (χ2n) is 14.3. The van der Waals surface area contributed by atoms with Crippen molar-refractivity contribution in [1.29, 1.82) is 0 Å². The fourth-order valence-corrected chi connectivity index (χ4v) is 8.68. The summed E-state index contributed by atoms with van der Waals surface area (Å²) in [6.07, 6.45) is 8.62. The molecule has 6 atom stereocenters. The van der Waals surface area contributed by atoms with Gasteiger partial charge in [-0.15, -0.1) is 6.58 Å². The molecule has 14 nitrogen and oxygen atoms in total. The molecule has 5 rings (SSSR count). The third kappa shape index (κ3) is 9.81. The highest BCUT2D eigenvalue weighted by Gasteiger charge is 2.65. The average Bonchev–Trinajstić information content (AvgIpc) is 3.23. The summed E-state index contributed by atoms with van der Waals surface area (Å²) in [5, 5.41) is 33.8. The molecule has 0 unspecified atom stereocenters. The number of aliphatic hydroxyl groups is 3. The number of hydrogen-bond acceptors (Lipinski definition) is 13. The minimum atomic E-state index is -1.48. The van der Waals surface area contributed by atoms with Gasteiger partial charge in [0.15, 0.2) is 6.29 Å². The third-order valence-corrected chi connectivity index (χ3v) is 11.0. The van der Waals surface area contributed by atoms with Gasteiger partial charge in [0.05, 0.1) is 57.8 Å². The number of rotatable bonds is 23. The molecule has 2 aliphatic carbocycles. The average molecular weight is 795 g/mol. The number of nitrogens with zero attached hydrogens (tertiary/aromatic N) is 2. The second-order valence-corrected chi connectivity index (χ2v) is 14.3. The SMILES string of the molecule is C=CCO[C@@]12Oc3ccc(Oc4ccc(OC)c(C=O)c4)cc3[C@H]3[C@H](CCCCO)[C@@H](CCCCO)C=C(C(=NOCC)C[C@@H]1N(CCOCCO)C(=O)OC)[C@H]32. The van der Waals surface area contributed by atoms with Gasteiger partial charge >= 0.3 is 6.09 Å². The highest BCUT2D eigenvalue weighted by Crippen LogP contribution is 2.62. The Kier molecular flexibility index (Phi) is 16.3. The molecule has 1 heterocycles. The summed E-state index contributed by atoms with van der Waals surface area (Å²) in [5.74, 6) is -0.278. The molecule has 1 amide bonds. The predicted molar refractivity (Wildman–Crippen MR) is 212 cm³/mol. The lowest BCUT2D eigenvalue weighted by atomic mass is 9.55. The number of hydrogen-bond donors (Lipinski definition) is 3. The van der Waals surface area contributed by atoms with E-state index in [-0.39, 0.29) is 70.4 Å². The molecule has 2 aromatic rings. The summed E-state index contributed by atoms with van der Waals surface area (Å²) in [6.45, 7) is 6.53. The Balaban J connectivity index is 1.75. The van der Waals surface area contributed by atoms with Crippen molar-refractivity contribution in [2.45, 2.75) is 69.6 Å². The minimum Gasteiger partial charge on any atom is -0.496 e. The number of ether oxygens (including phenoxy) is 6. The number of aldehydes is 1. The van der Waals surface area contributed by atoms with E-state index in [1.54, 1.807) is 35.2 Å². The Bertz CT molecular complexity index is 1710. The van der Waals surface area contributed by atoms with E-state index in [0.717, 1.165) is 43.1 Å². The first-order chi connectivity index (χ1) is 27.8. The van der Waals surface area contributed by atoms with E-state index in [9.17, 15) is 24.9 Å². The van der Waals surface area contributed by atoms with Crippen molar-refractivity contribution < 1.29 is 58.2 Å². The number of benzene rings is 2. The van der Waals surface area contributed by atoms with Gasteiger partial charge in [-0.25, -0.2) is 4.79 Å². The van der Waals surface area contributed by atoms with Gasteiger partial charge in [-0.3, -0.25) is 9.69 Å². The van der Waals surface area contributed by atoms with Crippen LogP contribution >= 0.6 is 0 Å². The number of carbonyl (C=O) groups excluding carboxylic acids is 2. The highest BCUT2D eigenvalue weighted by atomic mass is 16.7. The Hall–Kier alpha value is -4.47. The number of methoxy groups -OCH3 is 2. The number of amides is 1. The molecule has 0 spiro atoms. The second kappa shape index (κ2) is 21.3. The van der Waals surface area contributed by atoms with E-state index in [0.29, 0.717) is 53.7 Å². The molecule has 57 heavy (non-hydrogen) atoms. The number of allylic oxidation sites excluding steroid dienone is 1. The zero-order chi connectivity index (χ0) is 40.8. The molecule has 0 saturated heterocycles. The van der Waals surface area contributed by atoms with Crippen LogP contribution in [0.25, 0.3) is 0 Å². The molecule has 0 radical (unpaired) electrons. The maximum Gasteiger partial charge on any atom is 0.410 e. The van der Waals surface area contributed by atoms with Crippen LogP contribution in [0.2, 0.25) is 0 Å². The first kappa shape index (κ1) is 43.6. The number of aliphatic hydroxyl groups excluding tert-OH is 3. The van der Waals surface area contributed by atoms with Crippen LogP contribution in [-0.2, 0) is 19.0 Å². The van der Waals surface area contributed by atoms with Crippen molar-refractivity contribution in [3.05, 3.63) is 71.8 Å². The number of carbonyl (C=O) groups is 2. The van der Waals surface area contributed by atoms with Crippen LogP contribution < -0.4 is 14.2 Å². The van der Waals surface area contributed by atoms with E-state index < -0.39 is 23.8 Å². The lowest BCUT2D eigenvalue weighted by Gasteiger charge is -2.59. The molecule has 1 fully saturated rings. The normalized spacial score (nSPS) is 24.0. The monoisotopic (exact) mass is 794 g/mol. The molecule has 0 bridgehead atoms. The molecular weight excluding hydrogens is 736 g/mol. The number of unbranched alkanes of at least 4 members (excludes halogenated alkanes) is 2. The lowest BCUT2D eigenvalue weighted by Crippen LogP contribution is -2.70. The minimum absolute atomic E-state index is 0.00260. The summed E-state index contributed by atoms with van der Waals surface area (Å²) in [6, 6.07) is 9.87. The molecule has 2 aromatic carbocycles.